The standard InChI is InChI=1S/C22H23N3O4/c1-13(12-23-20(27)11-19-21(28)25-22(29)24-19)17-5-3-4-6-18(17)16-9-7-15(8-10-16)14(2)26/h3-10,13,19H,11-12H2,1-2H3,(H,23,27)(H2,24,25,28,29). The quantitative estimate of drug-likeness (QED) is 0.496. The summed E-state index contributed by atoms with van der Waals surface area (Å²) in [5.41, 5.74) is 3.76. The van der Waals surface area contributed by atoms with Crippen LogP contribution in [-0.2, 0) is 9.59 Å². The van der Waals surface area contributed by atoms with Crippen molar-refractivity contribution in [2.45, 2.75) is 32.2 Å². The van der Waals surface area contributed by atoms with Crippen LogP contribution in [0.15, 0.2) is 48.5 Å². The third-order valence-electron chi connectivity index (χ3n) is 4.95. The molecule has 1 saturated heterocycles. The predicted molar refractivity (Wildman–Crippen MR) is 108 cm³/mol. The van der Waals surface area contributed by atoms with Crippen LogP contribution >= 0.6 is 0 Å². The van der Waals surface area contributed by atoms with Gasteiger partial charge in [-0.25, -0.2) is 4.79 Å². The molecule has 7 nitrogen and oxygen atoms in total. The zero-order valence-electron chi connectivity index (χ0n) is 16.3. The van der Waals surface area contributed by atoms with E-state index in [-0.39, 0.29) is 24.0 Å². The molecule has 150 valence electrons. The number of nitrogens with one attached hydrogen (secondary N) is 3. The molecule has 7 heteroatoms. The number of ketones is 1. The van der Waals surface area contributed by atoms with Gasteiger partial charge in [0, 0.05) is 12.1 Å². The molecule has 0 aliphatic carbocycles. The SMILES string of the molecule is CC(=O)c1ccc(-c2ccccc2C(C)CNC(=O)CC2NC(=O)NC2=O)cc1. The lowest BCUT2D eigenvalue weighted by Gasteiger charge is -2.18. The number of urea groups is 1. The van der Waals surface area contributed by atoms with E-state index in [1.165, 1.54) is 6.92 Å². The van der Waals surface area contributed by atoms with Gasteiger partial charge in [0.2, 0.25) is 5.91 Å². The molecule has 0 saturated carbocycles. The molecule has 3 N–H and O–H groups in total. The largest absolute Gasteiger partial charge is 0.355 e. The number of hydrogen-bond donors (Lipinski definition) is 3. The first-order valence-electron chi connectivity index (χ1n) is 9.43. The normalized spacial score (nSPS) is 16.7. The lowest BCUT2D eigenvalue weighted by Crippen LogP contribution is -2.37. The summed E-state index contributed by atoms with van der Waals surface area (Å²) in [6, 6.07) is 14.0. The van der Waals surface area contributed by atoms with Crippen molar-refractivity contribution in [1.29, 1.82) is 0 Å². The van der Waals surface area contributed by atoms with Crippen LogP contribution in [0.25, 0.3) is 11.1 Å². The molecule has 0 spiro atoms. The Bertz CT molecular complexity index is 953. The van der Waals surface area contributed by atoms with E-state index in [1.54, 1.807) is 0 Å². The van der Waals surface area contributed by atoms with E-state index in [2.05, 4.69) is 16.0 Å². The average molecular weight is 393 g/mol. The van der Waals surface area contributed by atoms with Gasteiger partial charge in [-0.3, -0.25) is 19.7 Å². The second-order valence-corrected chi connectivity index (χ2v) is 7.15. The number of carbonyl (C=O) groups excluding carboxylic acids is 4. The monoisotopic (exact) mass is 393 g/mol. The van der Waals surface area contributed by atoms with Gasteiger partial charge in [0.25, 0.3) is 5.91 Å². The van der Waals surface area contributed by atoms with Crippen molar-refractivity contribution < 1.29 is 19.2 Å². The summed E-state index contributed by atoms with van der Waals surface area (Å²) < 4.78 is 0. The maximum Gasteiger partial charge on any atom is 0.322 e. The Kier molecular flexibility index (Phi) is 6.07. The molecular formula is C22H23N3O4. The molecular weight excluding hydrogens is 370 g/mol. The number of rotatable bonds is 7. The first-order valence-corrected chi connectivity index (χ1v) is 9.43. The predicted octanol–water partition coefficient (Wildman–Crippen LogP) is 2.37. The lowest BCUT2D eigenvalue weighted by molar-refractivity contribution is -0.126. The number of benzene rings is 2. The molecule has 0 bridgehead atoms. The molecule has 4 amide bonds. The van der Waals surface area contributed by atoms with Gasteiger partial charge in [-0.1, -0.05) is 55.5 Å². The average Bonchev–Trinajstić information content (AvgIpc) is 3.02. The van der Waals surface area contributed by atoms with Crippen molar-refractivity contribution in [2.75, 3.05) is 6.54 Å². The molecule has 1 heterocycles. The third-order valence-corrected chi connectivity index (χ3v) is 4.95. The Balaban J connectivity index is 1.66. The van der Waals surface area contributed by atoms with Crippen LogP contribution in [0.2, 0.25) is 0 Å². The summed E-state index contributed by atoms with van der Waals surface area (Å²) in [5, 5.41) is 7.35. The Morgan fingerprint density at radius 1 is 1.07 bits per heavy atom. The molecule has 1 fully saturated rings. The molecule has 2 unspecified atom stereocenters. The van der Waals surface area contributed by atoms with Crippen molar-refractivity contribution in [3.63, 3.8) is 0 Å². The summed E-state index contributed by atoms with van der Waals surface area (Å²) in [6.07, 6.45) is -0.0988. The van der Waals surface area contributed by atoms with E-state index in [4.69, 9.17) is 0 Å². The highest BCUT2D eigenvalue weighted by Gasteiger charge is 2.31. The zero-order chi connectivity index (χ0) is 21.0. The number of Topliss-reactive ketones (excluding diaryl/α,β-unsaturated/α-hetero) is 1. The molecule has 2 aromatic carbocycles. The van der Waals surface area contributed by atoms with Gasteiger partial charge in [0.15, 0.2) is 5.78 Å². The molecule has 29 heavy (non-hydrogen) atoms. The van der Waals surface area contributed by atoms with E-state index in [0.717, 1.165) is 16.7 Å². The van der Waals surface area contributed by atoms with E-state index >= 15 is 0 Å². The Morgan fingerprint density at radius 3 is 2.38 bits per heavy atom. The highest BCUT2D eigenvalue weighted by Crippen LogP contribution is 2.29. The minimum atomic E-state index is -0.829. The highest BCUT2D eigenvalue weighted by molar-refractivity contribution is 6.05. The van der Waals surface area contributed by atoms with Crippen LogP contribution in [0, 0.1) is 0 Å². The molecule has 1 aliphatic heterocycles. The summed E-state index contributed by atoms with van der Waals surface area (Å²) in [7, 11) is 0. The van der Waals surface area contributed by atoms with Crippen molar-refractivity contribution in [3.05, 3.63) is 59.7 Å². The van der Waals surface area contributed by atoms with Crippen LogP contribution in [0.4, 0.5) is 4.79 Å². The van der Waals surface area contributed by atoms with Gasteiger partial charge >= 0.3 is 6.03 Å². The summed E-state index contributed by atoms with van der Waals surface area (Å²) in [4.78, 5) is 46.3. The van der Waals surface area contributed by atoms with E-state index < -0.39 is 18.0 Å². The van der Waals surface area contributed by atoms with Crippen molar-refractivity contribution in [1.82, 2.24) is 16.0 Å². The minimum absolute atomic E-state index is 0.0213. The fourth-order valence-corrected chi connectivity index (χ4v) is 3.31. The molecule has 0 radical (unpaired) electrons. The van der Waals surface area contributed by atoms with Gasteiger partial charge < -0.3 is 10.6 Å². The van der Waals surface area contributed by atoms with Gasteiger partial charge in [-0.15, -0.1) is 0 Å². The van der Waals surface area contributed by atoms with Crippen molar-refractivity contribution >= 4 is 23.6 Å². The number of imide groups is 1. The Morgan fingerprint density at radius 2 is 1.76 bits per heavy atom. The maximum absolute atomic E-state index is 12.2. The van der Waals surface area contributed by atoms with E-state index in [1.807, 2.05) is 55.5 Å². The molecule has 2 aromatic rings. The Labute approximate surface area is 168 Å². The van der Waals surface area contributed by atoms with Crippen LogP contribution in [-0.4, -0.2) is 36.2 Å². The number of amides is 4. The Hall–Kier alpha value is -3.48. The maximum atomic E-state index is 12.2. The molecule has 0 aromatic heterocycles. The van der Waals surface area contributed by atoms with Crippen LogP contribution < -0.4 is 16.0 Å². The van der Waals surface area contributed by atoms with Crippen molar-refractivity contribution in [2.24, 2.45) is 0 Å². The van der Waals surface area contributed by atoms with Gasteiger partial charge in [0.05, 0.1) is 6.42 Å². The van der Waals surface area contributed by atoms with Crippen LogP contribution in [0.3, 0.4) is 0 Å². The summed E-state index contributed by atoms with van der Waals surface area (Å²) in [6.45, 7) is 3.94. The number of hydrogen-bond acceptors (Lipinski definition) is 4. The van der Waals surface area contributed by atoms with Gasteiger partial charge in [-0.05, 0) is 29.5 Å². The minimum Gasteiger partial charge on any atom is -0.355 e. The lowest BCUT2D eigenvalue weighted by atomic mass is 9.91. The second-order valence-electron chi connectivity index (χ2n) is 7.15. The third kappa shape index (κ3) is 4.87. The topological polar surface area (TPSA) is 104 Å². The van der Waals surface area contributed by atoms with Gasteiger partial charge in [0.1, 0.15) is 6.04 Å². The van der Waals surface area contributed by atoms with E-state index in [9.17, 15) is 19.2 Å². The fourth-order valence-electron chi connectivity index (χ4n) is 3.31. The first kappa shape index (κ1) is 20.3. The van der Waals surface area contributed by atoms with Crippen LogP contribution in [0.5, 0.6) is 0 Å². The molecule has 2 atom stereocenters. The highest BCUT2D eigenvalue weighted by atomic mass is 16.2. The fraction of sp³-hybridized carbons (Fsp3) is 0.273. The molecule has 1 aliphatic rings. The second kappa shape index (κ2) is 8.68. The smallest absolute Gasteiger partial charge is 0.322 e. The van der Waals surface area contributed by atoms with Crippen LogP contribution in [0.1, 0.15) is 42.1 Å². The first-order chi connectivity index (χ1) is 13.8. The van der Waals surface area contributed by atoms with E-state index in [0.29, 0.717) is 12.1 Å². The summed E-state index contributed by atoms with van der Waals surface area (Å²) >= 11 is 0. The number of carbonyl (C=O) groups is 4. The summed E-state index contributed by atoms with van der Waals surface area (Å²) in [5.74, 6) is -0.747. The van der Waals surface area contributed by atoms with Crippen molar-refractivity contribution in [3.8, 4) is 11.1 Å². The van der Waals surface area contributed by atoms with Gasteiger partial charge in [-0.2, -0.15) is 0 Å². The zero-order valence-corrected chi connectivity index (χ0v) is 16.3. The molecule has 3 rings (SSSR count).